The Morgan fingerprint density at radius 1 is 1.64 bits per heavy atom. The maximum absolute atomic E-state index is 10.5. The van der Waals surface area contributed by atoms with Gasteiger partial charge < -0.3 is 5.11 Å². The molecule has 1 fully saturated rings. The third kappa shape index (κ3) is 1.61. The summed E-state index contributed by atoms with van der Waals surface area (Å²) in [6.45, 7) is 4.32. The van der Waals surface area contributed by atoms with E-state index in [0.29, 0.717) is 0 Å². The molecule has 1 aromatic heterocycles. The molecule has 0 bridgehead atoms. The van der Waals surface area contributed by atoms with Crippen LogP contribution < -0.4 is 0 Å². The molecule has 0 spiro atoms. The molecule has 1 aliphatic carbocycles. The van der Waals surface area contributed by atoms with Crippen LogP contribution in [0.25, 0.3) is 0 Å². The molecule has 2 atom stereocenters. The highest BCUT2D eigenvalue weighted by atomic mass is 32.1. The first-order chi connectivity index (χ1) is 6.65. The molecule has 0 amide bonds. The van der Waals surface area contributed by atoms with Gasteiger partial charge in [-0.05, 0) is 49.1 Å². The summed E-state index contributed by atoms with van der Waals surface area (Å²) < 4.78 is 0. The van der Waals surface area contributed by atoms with E-state index in [1.54, 1.807) is 11.3 Å². The van der Waals surface area contributed by atoms with Crippen molar-refractivity contribution in [2.24, 2.45) is 5.92 Å². The van der Waals surface area contributed by atoms with Crippen LogP contribution in [0.15, 0.2) is 11.4 Å². The first-order valence-corrected chi connectivity index (χ1v) is 6.30. The fraction of sp³-hybridized carbons (Fsp3) is 0.667. The van der Waals surface area contributed by atoms with Crippen molar-refractivity contribution in [1.82, 2.24) is 0 Å². The SMILES string of the molecule is CCC1CCC(O)(c2sccc2C)C1. The van der Waals surface area contributed by atoms with Crippen molar-refractivity contribution in [3.63, 3.8) is 0 Å². The van der Waals surface area contributed by atoms with Crippen molar-refractivity contribution in [2.45, 2.75) is 45.1 Å². The van der Waals surface area contributed by atoms with Crippen LogP contribution in [0, 0.1) is 12.8 Å². The number of aliphatic hydroxyl groups is 1. The second-order valence-electron chi connectivity index (χ2n) is 4.48. The summed E-state index contributed by atoms with van der Waals surface area (Å²) in [6, 6.07) is 2.11. The zero-order valence-corrected chi connectivity index (χ0v) is 9.73. The van der Waals surface area contributed by atoms with Crippen LogP contribution >= 0.6 is 11.3 Å². The van der Waals surface area contributed by atoms with Gasteiger partial charge in [-0.3, -0.25) is 0 Å². The maximum Gasteiger partial charge on any atom is 0.0993 e. The van der Waals surface area contributed by atoms with Crippen molar-refractivity contribution in [2.75, 3.05) is 0 Å². The molecular weight excluding hydrogens is 192 g/mol. The summed E-state index contributed by atoms with van der Waals surface area (Å²) in [4.78, 5) is 1.20. The Hall–Kier alpha value is -0.340. The van der Waals surface area contributed by atoms with Crippen LogP contribution in [-0.2, 0) is 5.60 Å². The van der Waals surface area contributed by atoms with E-state index in [9.17, 15) is 5.11 Å². The summed E-state index contributed by atoms with van der Waals surface area (Å²) in [5.41, 5.74) is 0.758. The van der Waals surface area contributed by atoms with Gasteiger partial charge in [-0.2, -0.15) is 0 Å². The van der Waals surface area contributed by atoms with Gasteiger partial charge in [0.05, 0.1) is 5.60 Å². The van der Waals surface area contributed by atoms with Crippen molar-refractivity contribution in [3.05, 3.63) is 21.9 Å². The number of thiophene rings is 1. The molecule has 1 N–H and O–H groups in total. The lowest BCUT2D eigenvalue weighted by molar-refractivity contribution is 0.0430. The van der Waals surface area contributed by atoms with Crippen LogP contribution in [0.5, 0.6) is 0 Å². The molecule has 0 aromatic carbocycles. The lowest BCUT2D eigenvalue weighted by atomic mass is 9.95. The summed E-state index contributed by atoms with van der Waals surface area (Å²) in [6.07, 6.45) is 4.30. The van der Waals surface area contributed by atoms with E-state index in [0.717, 1.165) is 18.8 Å². The predicted octanol–water partition coefficient (Wildman–Crippen LogP) is 3.45. The average molecular weight is 210 g/mol. The molecular formula is C12H18OS. The Bertz CT molecular complexity index is 318. The van der Waals surface area contributed by atoms with Crippen molar-refractivity contribution in [3.8, 4) is 0 Å². The van der Waals surface area contributed by atoms with E-state index in [4.69, 9.17) is 0 Å². The first kappa shape index (κ1) is 10.2. The normalized spacial score (nSPS) is 32.4. The fourth-order valence-electron chi connectivity index (χ4n) is 2.53. The summed E-state index contributed by atoms with van der Waals surface area (Å²) in [7, 11) is 0. The smallest absolute Gasteiger partial charge is 0.0993 e. The summed E-state index contributed by atoms with van der Waals surface area (Å²) >= 11 is 1.71. The van der Waals surface area contributed by atoms with E-state index in [2.05, 4.69) is 25.3 Å². The maximum atomic E-state index is 10.5. The van der Waals surface area contributed by atoms with E-state index < -0.39 is 5.60 Å². The molecule has 0 radical (unpaired) electrons. The molecule has 1 saturated carbocycles. The molecule has 0 aliphatic heterocycles. The first-order valence-electron chi connectivity index (χ1n) is 5.42. The number of hydrogen-bond donors (Lipinski definition) is 1. The zero-order valence-electron chi connectivity index (χ0n) is 8.92. The van der Waals surface area contributed by atoms with Crippen molar-refractivity contribution >= 4 is 11.3 Å². The molecule has 78 valence electrons. The van der Waals surface area contributed by atoms with Gasteiger partial charge in [0.1, 0.15) is 0 Å². The Labute approximate surface area is 89.8 Å². The number of aryl methyl sites for hydroxylation is 1. The van der Waals surface area contributed by atoms with Gasteiger partial charge >= 0.3 is 0 Å². The summed E-state index contributed by atoms with van der Waals surface area (Å²) in [5.74, 6) is 0.724. The van der Waals surface area contributed by atoms with Gasteiger partial charge in [0, 0.05) is 4.88 Å². The molecule has 14 heavy (non-hydrogen) atoms. The predicted molar refractivity (Wildman–Crippen MR) is 60.6 cm³/mol. The second-order valence-corrected chi connectivity index (χ2v) is 5.40. The Morgan fingerprint density at radius 2 is 2.43 bits per heavy atom. The van der Waals surface area contributed by atoms with Crippen LogP contribution in [0.4, 0.5) is 0 Å². The number of hydrogen-bond acceptors (Lipinski definition) is 2. The molecule has 1 heterocycles. The average Bonchev–Trinajstić information content (AvgIpc) is 2.73. The van der Waals surface area contributed by atoms with E-state index >= 15 is 0 Å². The Balaban J connectivity index is 2.22. The summed E-state index contributed by atoms with van der Waals surface area (Å²) in [5, 5.41) is 12.6. The minimum absolute atomic E-state index is 0.501. The Morgan fingerprint density at radius 3 is 2.93 bits per heavy atom. The molecule has 2 rings (SSSR count). The van der Waals surface area contributed by atoms with Crippen LogP contribution in [0.3, 0.4) is 0 Å². The highest BCUT2D eigenvalue weighted by molar-refractivity contribution is 7.10. The van der Waals surface area contributed by atoms with Gasteiger partial charge in [-0.15, -0.1) is 11.3 Å². The largest absolute Gasteiger partial charge is 0.384 e. The molecule has 1 aliphatic rings. The molecule has 2 unspecified atom stereocenters. The standard InChI is InChI=1S/C12H18OS/c1-3-10-4-6-12(13,8-10)11-9(2)5-7-14-11/h5,7,10,13H,3-4,6,8H2,1-2H3. The highest BCUT2D eigenvalue weighted by Crippen LogP contribution is 2.45. The minimum Gasteiger partial charge on any atom is -0.384 e. The van der Waals surface area contributed by atoms with Gasteiger partial charge in [-0.25, -0.2) is 0 Å². The molecule has 2 heteroatoms. The number of rotatable bonds is 2. The monoisotopic (exact) mass is 210 g/mol. The van der Waals surface area contributed by atoms with E-state index in [-0.39, 0.29) is 0 Å². The topological polar surface area (TPSA) is 20.2 Å². The van der Waals surface area contributed by atoms with Crippen molar-refractivity contribution < 1.29 is 5.11 Å². The Kier molecular flexibility index (Phi) is 2.67. The van der Waals surface area contributed by atoms with Gasteiger partial charge in [-0.1, -0.05) is 13.3 Å². The second kappa shape index (κ2) is 3.67. The van der Waals surface area contributed by atoms with Crippen molar-refractivity contribution in [1.29, 1.82) is 0 Å². The lowest BCUT2D eigenvalue weighted by Gasteiger charge is -2.22. The molecule has 1 aromatic rings. The van der Waals surface area contributed by atoms with Crippen LogP contribution in [-0.4, -0.2) is 5.11 Å². The van der Waals surface area contributed by atoms with E-state index in [1.165, 1.54) is 23.3 Å². The van der Waals surface area contributed by atoms with Gasteiger partial charge in [0.2, 0.25) is 0 Å². The minimum atomic E-state index is -0.501. The fourth-order valence-corrected chi connectivity index (χ4v) is 3.60. The highest BCUT2D eigenvalue weighted by Gasteiger charge is 2.39. The van der Waals surface area contributed by atoms with E-state index in [1.807, 2.05) is 0 Å². The molecule has 1 nitrogen and oxygen atoms in total. The van der Waals surface area contributed by atoms with Crippen LogP contribution in [0.2, 0.25) is 0 Å². The molecule has 0 saturated heterocycles. The third-order valence-corrected chi connectivity index (χ3v) is 4.66. The third-order valence-electron chi connectivity index (χ3n) is 3.45. The van der Waals surface area contributed by atoms with Gasteiger partial charge in [0.25, 0.3) is 0 Å². The lowest BCUT2D eigenvalue weighted by Crippen LogP contribution is -2.21. The van der Waals surface area contributed by atoms with Crippen LogP contribution in [0.1, 0.15) is 43.0 Å². The van der Waals surface area contributed by atoms with Gasteiger partial charge in [0.15, 0.2) is 0 Å². The zero-order chi connectivity index (χ0) is 10.2. The quantitative estimate of drug-likeness (QED) is 0.792.